The minimum atomic E-state index is -4.32. The summed E-state index contributed by atoms with van der Waals surface area (Å²) in [5.74, 6) is -0.192. The molecule has 0 rings (SSSR count). The third kappa shape index (κ3) is 29.7. The van der Waals surface area contributed by atoms with Crippen LogP contribution in [0.5, 0.6) is 0 Å². The quantitative estimate of drug-likeness (QED) is 0.0302. The van der Waals surface area contributed by atoms with Crippen LogP contribution in [0.3, 0.4) is 0 Å². The Morgan fingerprint density at radius 1 is 0.750 bits per heavy atom. The number of quaternary nitrogens is 1. The zero-order valence-electron chi connectivity index (χ0n) is 29.1. The van der Waals surface area contributed by atoms with E-state index in [1.165, 1.54) is 83.5 Å². The van der Waals surface area contributed by atoms with Crippen LogP contribution in [0.15, 0.2) is 24.3 Å². The van der Waals surface area contributed by atoms with Gasteiger partial charge in [-0.3, -0.25) is 13.8 Å². The van der Waals surface area contributed by atoms with E-state index in [2.05, 4.69) is 31.3 Å². The second kappa shape index (κ2) is 28.2. The number of nitrogens with zero attached hydrogens (tertiary/aromatic N) is 1. The molecular formula is C35H70N2O6P+. The van der Waals surface area contributed by atoms with Crippen molar-refractivity contribution in [1.82, 2.24) is 5.32 Å². The number of rotatable bonds is 31. The Labute approximate surface area is 271 Å². The van der Waals surface area contributed by atoms with Crippen LogP contribution in [0.1, 0.15) is 142 Å². The molecular weight excluding hydrogens is 575 g/mol. The SMILES string of the molecule is CCCC/C=C/CC/C=C/C(O)C(COP(=O)(O)OCC[N+](C)(C)C)NC(=O)CCCCCCCCCCCCCCCC. The number of carbonyl (C=O) groups is 1. The van der Waals surface area contributed by atoms with Crippen LogP contribution < -0.4 is 5.32 Å². The Balaban J connectivity index is 4.51. The van der Waals surface area contributed by atoms with E-state index in [1.807, 2.05) is 27.2 Å². The van der Waals surface area contributed by atoms with Crippen LogP contribution in [0.4, 0.5) is 0 Å². The van der Waals surface area contributed by atoms with E-state index >= 15 is 0 Å². The van der Waals surface area contributed by atoms with Crippen LogP contribution in [-0.4, -0.2) is 73.4 Å². The summed E-state index contributed by atoms with van der Waals surface area (Å²) in [7, 11) is 1.55. The molecule has 260 valence electrons. The average molecular weight is 646 g/mol. The third-order valence-electron chi connectivity index (χ3n) is 7.67. The molecule has 0 spiro atoms. The lowest BCUT2D eigenvalue weighted by Crippen LogP contribution is -2.45. The Morgan fingerprint density at radius 3 is 1.80 bits per heavy atom. The van der Waals surface area contributed by atoms with Crippen molar-refractivity contribution >= 4 is 13.7 Å². The van der Waals surface area contributed by atoms with E-state index in [9.17, 15) is 19.4 Å². The van der Waals surface area contributed by atoms with Crippen molar-refractivity contribution in [1.29, 1.82) is 0 Å². The van der Waals surface area contributed by atoms with Gasteiger partial charge in [0, 0.05) is 6.42 Å². The Kier molecular flexibility index (Phi) is 27.6. The van der Waals surface area contributed by atoms with Crippen molar-refractivity contribution in [3.8, 4) is 0 Å². The van der Waals surface area contributed by atoms with Crippen LogP contribution in [0.25, 0.3) is 0 Å². The lowest BCUT2D eigenvalue weighted by molar-refractivity contribution is -0.870. The molecule has 3 unspecified atom stereocenters. The molecule has 1 amide bonds. The number of amides is 1. The fourth-order valence-electron chi connectivity index (χ4n) is 4.75. The van der Waals surface area contributed by atoms with Crippen molar-refractivity contribution in [2.45, 2.75) is 154 Å². The van der Waals surface area contributed by atoms with Crippen molar-refractivity contribution in [3.63, 3.8) is 0 Å². The van der Waals surface area contributed by atoms with E-state index in [0.717, 1.165) is 38.5 Å². The van der Waals surface area contributed by atoms with Crippen LogP contribution in [0, 0.1) is 0 Å². The van der Waals surface area contributed by atoms with Gasteiger partial charge in [0.25, 0.3) is 0 Å². The van der Waals surface area contributed by atoms with Crippen molar-refractivity contribution < 1.29 is 32.9 Å². The number of aliphatic hydroxyl groups is 1. The van der Waals surface area contributed by atoms with Gasteiger partial charge in [-0.15, -0.1) is 0 Å². The predicted octanol–water partition coefficient (Wildman–Crippen LogP) is 8.63. The smallest absolute Gasteiger partial charge is 0.387 e. The molecule has 0 bridgehead atoms. The molecule has 0 fully saturated rings. The molecule has 9 heteroatoms. The number of aliphatic hydroxyl groups excluding tert-OH is 1. The number of hydrogen-bond donors (Lipinski definition) is 3. The lowest BCUT2D eigenvalue weighted by atomic mass is 10.0. The summed E-state index contributed by atoms with van der Waals surface area (Å²) in [5, 5.41) is 13.6. The first-order chi connectivity index (χ1) is 21.0. The van der Waals surface area contributed by atoms with Crippen molar-refractivity contribution in [3.05, 3.63) is 24.3 Å². The summed E-state index contributed by atoms with van der Waals surface area (Å²) in [4.78, 5) is 22.8. The first-order valence-electron chi connectivity index (χ1n) is 17.7. The van der Waals surface area contributed by atoms with Crippen LogP contribution in [0.2, 0.25) is 0 Å². The highest BCUT2D eigenvalue weighted by atomic mass is 31.2. The second-order valence-electron chi connectivity index (χ2n) is 13.2. The minimum Gasteiger partial charge on any atom is -0.387 e. The minimum absolute atomic E-state index is 0.0572. The van der Waals surface area contributed by atoms with E-state index in [0.29, 0.717) is 17.4 Å². The topological polar surface area (TPSA) is 105 Å². The van der Waals surface area contributed by atoms with E-state index in [-0.39, 0.29) is 19.1 Å². The summed E-state index contributed by atoms with van der Waals surface area (Å²) in [6, 6.07) is -0.854. The number of allylic oxidation sites excluding steroid dienone is 3. The van der Waals surface area contributed by atoms with Gasteiger partial charge in [0.15, 0.2) is 0 Å². The van der Waals surface area contributed by atoms with Crippen molar-refractivity contribution in [2.24, 2.45) is 0 Å². The molecule has 0 aliphatic carbocycles. The first kappa shape index (κ1) is 43.0. The lowest BCUT2D eigenvalue weighted by Gasteiger charge is -2.25. The number of nitrogens with one attached hydrogen (secondary N) is 1. The monoisotopic (exact) mass is 645 g/mol. The largest absolute Gasteiger partial charge is 0.472 e. The van der Waals surface area contributed by atoms with Gasteiger partial charge in [-0.05, 0) is 25.7 Å². The number of carbonyl (C=O) groups excluding carboxylic acids is 1. The summed E-state index contributed by atoms with van der Waals surface area (Å²) < 4.78 is 23.3. The van der Waals surface area contributed by atoms with Gasteiger partial charge < -0.3 is 19.8 Å². The number of phosphoric acid groups is 1. The summed E-state index contributed by atoms with van der Waals surface area (Å²) in [6.07, 6.45) is 29.7. The second-order valence-corrected chi connectivity index (χ2v) is 14.7. The molecule has 0 aromatic rings. The van der Waals surface area contributed by atoms with Gasteiger partial charge in [0.05, 0.1) is 39.9 Å². The van der Waals surface area contributed by atoms with Gasteiger partial charge in [-0.25, -0.2) is 4.57 Å². The van der Waals surface area contributed by atoms with Gasteiger partial charge >= 0.3 is 7.82 Å². The van der Waals surface area contributed by atoms with E-state index < -0.39 is 20.0 Å². The third-order valence-corrected chi connectivity index (χ3v) is 8.66. The number of unbranched alkanes of at least 4 members (excludes halogenated alkanes) is 16. The molecule has 0 aromatic heterocycles. The fourth-order valence-corrected chi connectivity index (χ4v) is 5.48. The number of hydrogen-bond acceptors (Lipinski definition) is 5. The summed E-state index contributed by atoms with van der Waals surface area (Å²) in [5.41, 5.74) is 0. The maximum Gasteiger partial charge on any atom is 0.472 e. The summed E-state index contributed by atoms with van der Waals surface area (Å²) in [6.45, 7) is 4.69. The molecule has 0 aromatic carbocycles. The molecule has 0 saturated heterocycles. The fraction of sp³-hybridized carbons (Fsp3) is 0.857. The zero-order valence-corrected chi connectivity index (χ0v) is 30.0. The Morgan fingerprint density at radius 2 is 1.25 bits per heavy atom. The molecule has 0 radical (unpaired) electrons. The Bertz CT molecular complexity index is 784. The molecule has 44 heavy (non-hydrogen) atoms. The van der Waals surface area contributed by atoms with E-state index in [4.69, 9.17) is 9.05 Å². The maximum absolute atomic E-state index is 12.7. The average Bonchev–Trinajstić information content (AvgIpc) is 2.95. The Hall–Kier alpha value is -1.02. The van der Waals surface area contributed by atoms with Gasteiger partial charge in [-0.2, -0.15) is 0 Å². The molecule has 0 aliphatic heterocycles. The summed E-state index contributed by atoms with van der Waals surface area (Å²) >= 11 is 0. The van der Waals surface area contributed by atoms with Crippen LogP contribution in [-0.2, 0) is 18.4 Å². The van der Waals surface area contributed by atoms with Gasteiger partial charge in [-0.1, -0.05) is 134 Å². The standard InChI is InChI=1S/C35H69N2O6P/c1-6-8-10-12-14-16-17-18-19-20-21-23-25-27-29-35(39)36-33(32-43-44(40,41)42-31-30-37(3,4)5)34(38)28-26-24-22-15-13-11-9-7-2/h13,15,26,28,33-34,38H,6-12,14,16-25,27,29-32H2,1-5H3,(H-,36,39,40,41)/p+1/b15-13+,28-26+. The van der Waals surface area contributed by atoms with Crippen LogP contribution >= 0.6 is 7.82 Å². The zero-order chi connectivity index (χ0) is 32.9. The molecule has 3 atom stereocenters. The number of phosphoric ester groups is 1. The van der Waals surface area contributed by atoms with Crippen molar-refractivity contribution in [2.75, 3.05) is 40.9 Å². The highest BCUT2D eigenvalue weighted by molar-refractivity contribution is 7.47. The van der Waals surface area contributed by atoms with E-state index in [1.54, 1.807) is 6.08 Å². The highest BCUT2D eigenvalue weighted by Gasteiger charge is 2.27. The normalized spacial score (nSPS) is 15.2. The molecule has 0 heterocycles. The molecule has 0 aliphatic rings. The molecule has 8 nitrogen and oxygen atoms in total. The highest BCUT2D eigenvalue weighted by Crippen LogP contribution is 2.43. The van der Waals surface area contributed by atoms with Gasteiger partial charge in [0.2, 0.25) is 5.91 Å². The molecule has 3 N–H and O–H groups in total. The maximum atomic E-state index is 12.7. The molecule has 0 saturated carbocycles. The van der Waals surface area contributed by atoms with Gasteiger partial charge in [0.1, 0.15) is 13.2 Å². The number of likely N-dealkylation sites (N-methyl/N-ethyl adjacent to an activating group) is 1. The first-order valence-corrected chi connectivity index (χ1v) is 19.2. The predicted molar refractivity (Wildman–Crippen MR) is 185 cm³/mol.